The Kier molecular flexibility index (Phi) is 5.22. The lowest BCUT2D eigenvalue weighted by Gasteiger charge is -2.12. The number of aromatic nitrogens is 4. The quantitative estimate of drug-likeness (QED) is 0.404. The molecule has 8 heteroatoms. The molecule has 4 aromatic rings. The SMILES string of the molecule is CC(Sc1ncnc2c1cnn2-c1ccccc1)C(=O)Nc1ccccc1C#N. The molecular weight excluding hydrogens is 384 g/mol. The van der Waals surface area contributed by atoms with Crippen molar-refractivity contribution >= 4 is 34.4 Å². The molecule has 0 aliphatic rings. The summed E-state index contributed by atoms with van der Waals surface area (Å²) in [5.74, 6) is -0.208. The highest BCUT2D eigenvalue weighted by molar-refractivity contribution is 8.00. The normalized spacial score (nSPS) is 11.7. The van der Waals surface area contributed by atoms with E-state index in [1.165, 1.54) is 18.1 Å². The summed E-state index contributed by atoms with van der Waals surface area (Å²) >= 11 is 1.32. The van der Waals surface area contributed by atoms with E-state index < -0.39 is 5.25 Å². The van der Waals surface area contributed by atoms with E-state index in [0.717, 1.165) is 11.1 Å². The van der Waals surface area contributed by atoms with Crippen molar-refractivity contribution in [3.8, 4) is 11.8 Å². The van der Waals surface area contributed by atoms with Crippen LogP contribution in [-0.4, -0.2) is 30.9 Å². The van der Waals surface area contributed by atoms with Gasteiger partial charge in [-0.25, -0.2) is 14.6 Å². The van der Waals surface area contributed by atoms with Crippen molar-refractivity contribution in [3.63, 3.8) is 0 Å². The molecule has 1 unspecified atom stereocenters. The van der Waals surface area contributed by atoms with Gasteiger partial charge in [-0.05, 0) is 31.2 Å². The zero-order valence-electron chi connectivity index (χ0n) is 15.5. The van der Waals surface area contributed by atoms with Crippen LogP contribution < -0.4 is 5.32 Å². The fraction of sp³-hybridized carbons (Fsp3) is 0.0952. The Morgan fingerprint density at radius 1 is 1.14 bits per heavy atom. The number of nitriles is 1. The smallest absolute Gasteiger partial charge is 0.237 e. The van der Waals surface area contributed by atoms with Crippen LogP contribution in [0.1, 0.15) is 12.5 Å². The first-order chi connectivity index (χ1) is 14.2. The minimum atomic E-state index is -0.431. The molecule has 0 aliphatic carbocycles. The summed E-state index contributed by atoms with van der Waals surface area (Å²) < 4.78 is 1.75. The maximum Gasteiger partial charge on any atom is 0.237 e. The van der Waals surface area contributed by atoms with Crippen LogP contribution in [0.2, 0.25) is 0 Å². The van der Waals surface area contributed by atoms with E-state index in [4.69, 9.17) is 0 Å². The minimum absolute atomic E-state index is 0.208. The maximum atomic E-state index is 12.6. The van der Waals surface area contributed by atoms with Gasteiger partial charge < -0.3 is 5.32 Å². The van der Waals surface area contributed by atoms with Crippen LogP contribution in [0, 0.1) is 11.3 Å². The lowest BCUT2D eigenvalue weighted by molar-refractivity contribution is -0.115. The Hall–Kier alpha value is -3.70. The third kappa shape index (κ3) is 3.81. The topological polar surface area (TPSA) is 96.5 Å². The third-order valence-electron chi connectivity index (χ3n) is 4.29. The van der Waals surface area contributed by atoms with Crippen LogP contribution in [0.15, 0.2) is 72.1 Å². The summed E-state index contributed by atoms with van der Waals surface area (Å²) in [5, 5.41) is 17.5. The van der Waals surface area contributed by atoms with Crippen molar-refractivity contribution in [3.05, 3.63) is 72.7 Å². The molecular formula is C21H16N6OS. The van der Waals surface area contributed by atoms with E-state index in [2.05, 4.69) is 26.5 Å². The molecule has 0 fully saturated rings. The summed E-state index contributed by atoms with van der Waals surface area (Å²) in [6.45, 7) is 1.80. The largest absolute Gasteiger partial charge is 0.324 e. The van der Waals surface area contributed by atoms with Gasteiger partial charge in [0.2, 0.25) is 5.91 Å². The first-order valence-corrected chi connectivity index (χ1v) is 9.76. The molecule has 4 rings (SSSR count). The van der Waals surface area contributed by atoms with Gasteiger partial charge in [0, 0.05) is 0 Å². The van der Waals surface area contributed by atoms with Crippen LogP contribution in [0.25, 0.3) is 16.7 Å². The molecule has 2 heterocycles. The van der Waals surface area contributed by atoms with Gasteiger partial charge in [-0.15, -0.1) is 0 Å². The summed E-state index contributed by atoms with van der Waals surface area (Å²) in [6.07, 6.45) is 3.18. The molecule has 0 aliphatic heterocycles. The van der Waals surface area contributed by atoms with E-state index in [-0.39, 0.29) is 5.91 Å². The lowest BCUT2D eigenvalue weighted by Crippen LogP contribution is -2.23. The number of hydrogen-bond acceptors (Lipinski definition) is 6. The first-order valence-electron chi connectivity index (χ1n) is 8.88. The fourth-order valence-electron chi connectivity index (χ4n) is 2.82. The second kappa shape index (κ2) is 8.12. The Morgan fingerprint density at radius 2 is 1.90 bits per heavy atom. The maximum absolute atomic E-state index is 12.6. The van der Waals surface area contributed by atoms with Crippen molar-refractivity contribution in [2.75, 3.05) is 5.32 Å². The summed E-state index contributed by atoms with van der Waals surface area (Å²) in [7, 11) is 0. The van der Waals surface area contributed by atoms with E-state index in [1.54, 1.807) is 42.1 Å². The van der Waals surface area contributed by atoms with Crippen molar-refractivity contribution in [1.29, 1.82) is 5.26 Å². The standard InChI is InChI=1S/C21H16N6OS/c1-14(20(28)26-18-10-6-5-7-15(18)11-22)29-21-17-12-25-27(19(17)23-13-24-21)16-8-3-2-4-9-16/h2-10,12-14H,1H3,(H,26,28). The number of carbonyl (C=O) groups is 1. The van der Waals surface area contributed by atoms with Crippen LogP contribution in [0.4, 0.5) is 5.69 Å². The molecule has 7 nitrogen and oxygen atoms in total. The fourth-order valence-corrected chi connectivity index (χ4v) is 3.70. The Morgan fingerprint density at radius 3 is 2.69 bits per heavy atom. The van der Waals surface area contributed by atoms with E-state index in [9.17, 15) is 10.1 Å². The number of anilines is 1. The number of para-hydroxylation sites is 2. The summed E-state index contributed by atoms with van der Waals surface area (Å²) in [4.78, 5) is 21.3. The molecule has 1 amide bonds. The van der Waals surface area contributed by atoms with Crippen molar-refractivity contribution in [1.82, 2.24) is 19.7 Å². The number of nitrogens with one attached hydrogen (secondary N) is 1. The summed E-state index contributed by atoms with van der Waals surface area (Å²) in [5.41, 5.74) is 2.50. The number of fused-ring (bicyclic) bond motifs is 1. The number of hydrogen-bond donors (Lipinski definition) is 1. The average molecular weight is 400 g/mol. The Balaban J connectivity index is 1.57. The Bertz CT molecular complexity index is 1210. The molecule has 1 atom stereocenters. The zero-order valence-corrected chi connectivity index (χ0v) is 16.3. The number of nitrogens with zero attached hydrogens (tertiary/aromatic N) is 5. The number of thioether (sulfide) groups is 1. The highest BCUT2D eigenvalue weighted by atomic mass is 32.2. The average Bonchev–Trinajstić information content (AvgIpc) is 3.20. The van der Waals surface area contributed by atoms with Crippen molar-refractivity contribution in [2.24, 2.45) is 0 Å². The van der Waals surface area contributed by atoms with Gasteiger partial charge in [-0.3, -0.25) is 4.79 Å². The predicted molar refractivity (Wildman–Crippen MR) is 112 cm³/mol. The highest BCUT2D eigenvalue weighted by Crippen LogP contribution is 2.29. The van der Waals surface area contributed by atoms with Gasteiger partial charge in [0.05, 0.1) is 33.8 Å². The minimum Gasteiger partial charge on any atom is -0.324 e. The van der Waals surface area contributed by atoms with Crippen LogP contribution in [0.5, 0.6) is 0 Å². The predicted octanol–water partition coefficient (Wildman–Crippen LogP) is 3.81. The molecule has 1 N–H and O–H groups in total. The van der Waals surface area contributed by atoms with Gasteiger partial charge >= 0.3 is 0 Å². The van der Waals surface area contributed by atoms with Crippen molar-refractivity contribution < 1.29 is 4.79 Å². The second-order valence-electron chi connectivity index (χ2n) is 6.21. The Labute approximate surface area is 171 Å². The number of benzene rings is 2. The van der Waals surface area contributed by atoms with Crippen LogP contribution in [-0.2, 0) is 4.79 Å². The van der Waals surface area contributed by atoms with Crippen LogP contribution in [0.3, 0.4) is 0 Å². The highest BCUT2D eigenvalue weighted by Gasteiger charge is 2.19. The molecule has 0 saturated heterocycles. The molecule has 2 aromatic carbocycles. The molecule has 29 heavy (non-hydrogen) atoms. The molecule has 0 spiro atoms. The van der Waals surface area contributed by atoms with E-state index >= 15 is 0 Å². The van der Waals surface area contributed by atoms with Crippen LogP contribution >= 0.6 is 11.8 Å². The van der Waals surface area contributed by atoms with Gasteiger partial charge in [0.1, 0.15) is 17.4 Å². The molecule has 0 radical (unpaired) electrons. The van der Waals surface area contributed by atoms with Gasteiger partial charge in [-0.1, -0.05) is 42.1 Å². The lowest BCUT2D eigenvalue weighted by atomic mass is 10.2. The molecule has 142 valence electrons. The van der Waals surface area contributed by atoms with E-state index in [1.807, 2.05) is 30.3 Å². The number of carbonyl (C=O) groups excluding carboxylic acids is 1. The number of rotatable bonds is 5. The molecule has 0 bridgehead atoms. The zero-order chi connectivity index (χ0) is 20.2. The summed E-state index contributed by atoms with van der Waals surface area (Å²) in [6, 6.07) is 18.7. The van der Waals surface area contributed by atoms with Gasteiger partial charge in [0.15, 0.2) is 5.65 Å². The van der Waals surface area contributed by atoms with Gasteiger partial charge in [-0.2, -0.15) is 10.4 Å². The first kappa shape index (κ1) is 18.7. The van der Waals surface area contributed by atoms with Gasteiger partial charge in [0.25, 0.3) is 0 Å². The number of amides is 1. The monoisotopic (exact) mass is 400 g/mol. The second-order valence-corrected chi connectivity index (χ2v) is 7.54. The van der Waals surface area contributed by atoms with E-state index in [0.29, 0.717) is 21.9 Å². The van der Waals surface area contributed by atoms with Crippen molar-refractivity contribution in [2.45, 2.75) is 17.2 Å². The third-order valence-corrected chi connectivity index (χ3v) is 5.41. The molecule has 2 aromatic heterocycles. The molecule has 0 saturated carbocycles.